The maximum Gasteiger partial charge on any atom is 0.234 e. The normalized spacial score (nSPS) is 30.2. The van der Waals surface area contributed by atoms with Crippen LogP contribution in [0.2, 0.25) is 0 Å². The Morgan fingerprint density at radius 1 is 1.16 bits per heavy atom. The molecule has 0 bridgehead atoms. The van der Waals surface area contributed by atoms with Crippen LogP contribution in [0.1, 0.15) is 46.0 Å². The lowest BCUT2D eigenvalue weighted by atomic mass is 9.78. The summed E-state index contributed by atoms with van der Waals surface area (Å²) >= 11 is 0. The van der Waals surface area contributed by atoms with Gasteiger partial charge in [-0.3, -0.25) is 14.5 Å². The zero-order chi connectivity index (χ0) is 17.5. The molecule has 2 aliphatic rings. The van der Waals surface area contributed by atoms with Crippen molar-refractivity contribution in [1.82, 2.24) is 15.5 Å². The van der Waals surface area contributed by atoms with Gasteiger partial charge in [0.15, 0.2) is 0 Å². The lowest BCUT2D eigenvalue weighted by Crippen LogP contribution is -2.50. The fourth-order valence-corrected chi connectivity index (χ4v) is 3.99. The summed E-state index contributed by atoms with van der Waals surface area (Å²) in [6, 6.07) is 0.301. The summed E-state index contributed by atoms with van der Waals surface area (Å²) in [5.74, 6) is 1.37. The molecule has 4 N–H and O–H groups in total. The van der Waals surface area contributed by atoms with Gasteiger partial charge in [0.2, 0.25) is 11.8 Å². The first-order chi connectivity index (χ1) is 11.5. The van der Waals surface area contributed by atoms with Crippen molar-refractivity contribution in [1.29, 1.82) is 0 Å². The maximum absolute atomic E-state index is 12.4. The fraction of sp³-hybridized carbons (Fsp3) is 0.889. The van der Waals surface area contributed by atoms with E-state index < -0.39 is 0 Å². The van der Waals surface area contributed by atoms with E-state index in [9.17, 15) is 9.59 Å². The van der Waals surface area contributed by atoms with Crippen molar-refractivity contribution in [2.24, 2.45) is 23.5 Å². The van der Waals surface area contributed by atoms with Crippen LogP contribution in [0, 0.1) is 17.8 Å². The van der Waals surface area contributed by atoms with E-state index in [-0.39, 0.29) is 30.1 Å². The summed E-state index contributed by atoms with van der Waals surface area (Å²) in [5.41, 5.74) is 5.43. The number of likely N-dealkylation sites (tertiary alicyclic amines) is 1. The second-order valence-corrected chi connectivity index (χ2v) is 7.60. The van der Waals surface area contributed by atoms with Crippen molar-refractivity contribution in [3.8, 4) is 0 Å². The van der Waals surface area contributed by atoms with Gasteiger partial charge in [-0.15, -0.1) is 12.4 Å². The number of rotatable bonds is 6. The summed E-state index contributed by atoms with van der Waals surface area (Å²) in [4.78, 5) is 26.6. The van der Waals surface area contributed by atoms with Crippen molar-refractivity contribution in [2.45, 2.75) is 52.0 Å². The van der Waals surface area contributed by atoms with E-state index in [4.69, 9.17) is 5.73 Å². The van der Waals surface area contributed by atoms with E-state index in [0.29, 0.717) is 44.1 Å². The van der Waals surface area contributed by atoms with Gasteiger partial charge in [0.25, 0.3) is 0 Å². The Morgan fingerprint density at radius 3 is 2.64 bits per heavy atom. The molecular weight excluding hydrogens is 340 g/mol. The number of halogens is 1. The molecule has 4 unspecified atom stereocenters. The fourth-order valence-electron chi connectivity index (χ4n) is 3.99. The molecule has 4 atom stereocenters. The van der Waals surface area contributed by atoms with Crippen LogP contribution in [0.5, 0.6) is 0 Å². The molecule has 6 nitrogen and oxygen atoms in total. The highest BCUT2D eigenvalue weighted by Crippen LogP contribution is 2.29. The number of nitrogens with one attached hydrogen (secondary N) is 2. The van der Waals surface area contributed by atoms with Crippen molar-refractivity contribution in [3.63, 3.8) is 0 Å². The molecule has 2 rings (SSSR count). The summed E-state index contributed by atoms with van der Waals surface area (Å²) in [7, 11) is 0. The van der Waals surface area contributed by atoms with Gasteiger partial charge in [-0.1, -0.05) is 26.7 Å². The number of carbonyl (C=O) groups excluding carboxylic acids is 2. The smallest absolute Gasteiger partial charge is 0.234 e. The number of hydrogen-bond donors (Lipinski definition) is 3. The highest BCUT2D eigenvalue weighted by Gasteiger charge is 2.30. The molecule has 0 aromatic heterocycles. The van der Waals surface area contributed by atoms with E-state index in [1.165, 1.54) is 12.8 Å². The molecule has 0 aromatic rings. The highest BCUT2D eigenvalue weighted by atomic mass is 35.5. The van der Waals surface area contributed by atoms with Crippen LogP contribution in [0.15, 0.2) is 0 Å². The third-order valence-corrected chi connectivity index (χ3v) is 5.74. The minimum Gasteiger partial charge on any atom is -0.355 e. The van der Waals surface area contributed by atoms with Crippen molar-refractivity contribution in [3.05, 3.63) is 0 Å². The lowest BCUT2D eigenvalue weighted by Gasteiger charge is -2.36. The molecule has 0 aromatic carbocycles. The predicted molar refractivity (Wildman–Crippen MR) is 103 cm³/mol. The second-order valence-electron chi connectivity index (χ2n) is 7.60. The van der Waals surface area contributed by atoms with E-state index in [0.717, 1.165) is 25.8 Å². The molecule has 2 fully saturated rings. The Bertz CT molecular complexity index is 435. The Balaban J connectivity index is 0.00000312. The number of nitrogens with two attached hydrogens (primary N) is 1. The Labute approximate surface area is 158 Å². The quantitative estimate of drug-likeness (QED) is 0.650. The molecule has 25 heavy (non-hydrogen) atoms. The first-order valence-corrected chi connectivity index (χ1v) is 9.50. The van der Waals surface area contributed by atoms with Crippen LogP contribution in [-0.4, -0.2) is 55.5 Å². The number of nitrogens with zero attached hydrogens (tertiary/aromatic N) is 1. The zero-order valence-electron chi connectivity index (χ0n) is 15.6. The third-order valence-electron chi connectivity index (χ3n) is 5.74. The summed E-state index contributed by atoms with van der Waals surface area (Å²) in [6.07, 6.45) is 5.40. The lowest BCUT2D eigenvalue weighted by molar-refractivity contribution is -0.129. The van der Waals surface area contributed by atoms with Gasteiger partial charge in [0.1, 0.15) is 0 Å². The van der Waals surface area contributed by atoms with E-state index in [1.54, 1.807) is 0 Å². The predicted octanol–water partition coefficient (Wildman–Crippen LogP) is 1.14. The van der Waals surface area contributed by atoms with Crippen LogP contribution in [0.25, 0.3) is 0 Å². The molecule has 7 heteroatoms. The van der Waals surface area contributed by atoms with Gasteiger partial charge in [-0.05, 0) is 37.6 Å². The van der Waals surface area contributed by atoms with Crippen LogP contribution >= 0.6 is 12.4 Å². The molecule has 0 spiro atoms. The summed E-state index contributed by atoms with van der Waals surface area (Å²) < 4.78 is 0. The first-order valence-electron chi connectivity index (χ1n) is 9.50. The topological polar surface area (TPSA) is 87.5 Å². The van der Waals surface area contributed by atoms with Crippen molar-refractivity contribution < 1.29 is 9.59 Å². The molecule has 1 aliphatic heterocycles. The molecule has 146 valence electrons. The van der Waals surface area contributed by atoms with Gasteiger partial charge in [0.05, 0.1) is 12.5 Å². The van der Waals surface area contributed by atoms with Gasteiger partial charge in [-0.25, -0.2) is 0 Å². The monoisotopic (exact) mass is 374 g/mol. The minimum absolute atomic E-state index is 0. The van der Waals surface area contributed by atoms with Crippen LogP contribution < -0.4 is 16.4 Å². The standard InChI is InChI=1S/C18H34N4O2.ClH/c1-13-5-3-7-16(14(13)2)21-17(23)12-22-10-4-6-15(11-22)18(24)20-9-8-19;/h13-16H,3-12,19H2,1-2H3,(H,20,24)(H,21,23);1H. The summed E-state index contributed by atoms with van der Waals surface area (Å²) in [5, 5.41) is 6.09. The number of hydrogen-bond acceptors (Lipinski definition) is 4. The largest absolute Gasteiger partial charge is 0.355 e. The average Bonchev–Trinajstić information content (AvgIpc) is 2.57. The van der Waals surface area contributed by atoms with Gasteiger partial charge in [0, 0.05) is 25.7 Å². The van der Waals surface area contributed by atoms with Crippen LogP contribution in [-0.2, 0) is 9.59 Å². The Morgan fingerprint density at radius 2 is 1.92 bits per heavy atom. The van der Waals surface area contributed by atoms with Crippen LogP contribution in [0.3, 0.4) is 0 Å². The molecule has 2 amide bonds. The van der Waals surface area contributed by atoms with Crippen molar-refractivity contribution in [2.75, 3.05) is 32.7 Å². The van der Waals surface area contributed by atoms with E-state index in [1.807, 2.05) is 0 Å². The van der Waals surface area contributed by atoms with Gasteiger partial charge in [-0.2, -0.15) is 0 Å². The number of carbonyl (C=O) groups is 2. The second kappa shape index (κ2) is 11.0. The van der Waals surface area contributed by atoms with E-state index in [2.05, 4.69) is 29.4 Å². The van der Waals surface area contributed by atoms with Gasteiger partial charge < -0.3 is 16.4 Å². The molecule has 1 saturated carbocycles. The maximum atomic E-state index is 12.4. The zero-order valence-corrected chi connectivity index (χ0v) is 16.4. The number of piperidine rings is 1. The van der Waals surface area contributed by atoms with Crippen molar-refractivity contribution >= 4 is 24.2 Å². The molecule has 1 heterocycles. The third kappa shape index (κ3) is 6.76. The average molecular weight is 375 g/mol. The van der Waals surface area contributed by atoms with E-state index >= 15 is 0 Å². The Kier molecular flexibility index (Phi) is 9.75. The van der Waals surface area contributed by atoms with Crippen LogP contribution in [0.4, 0.5) is 0 Å². The van der Waals surface area contributed by atoms with Gasteiger partial charge >= 0.3 is 0 Å². The Hall–Kier alpha value is -0.850. The minimum atomic E-state index is -0.0215. The number of amides is 2. The highest BCUT2D eigenvalue weighted by molar-refractivity contribution is 5.85. The first kappa shape index (κ1) is 22.2. The molecule has 0 radical (unpaired) electrons. The molecule has 1 aliphatic carbocycles. The summed E-state index contributed by atoms with van der Waals surface area (Å²) in [6.45, 7) is 7.46. The molecular formula is C18H35ClN4O2. The molecule has 1 saturated heterocycles. The SMILES string of the molecule is CC1CCCC(NC(=O)CN2CCCC(C(=O)NCCN)C2)C1C.Cl.